The van der Waals surface area contributed by atoms with Gasteiger partial charge in [0, 0.05) is 0 Å². The smallest absolute Gasteiger partial charge is 0.0578 e. The van der Waals surface area contributed by atoms with Gasteiger partial charge in [-0.3, -0.25) is 0 Å². The standard InChI is InChI=1S/C29H50O.C29H48O.C28H44O.C27H46O/c2*1-7-21(19(2)3)9-8-20(4)25-12-13-26-24-11-10-22-18-23(30)14-16-28(22,5)27(24)15-17-29(25,26)6;1-18(2)19(3)7-8-20(4)24-11-12-25-23-10-9-21-17-22(29)13-15-27(21,5)26(23)14-16-28(24,25)6;1-18(2)7-6-8-19(3)23-11-12-24-22-10-9-20-17-21(28)13-15-26(20,4)25(22)14-16-27(23,24)5/h10,19-21,23-27,30H,7-9,11-18H2,1-6H3;8-10,19-21,23-27,30H,7,11-18H2,1-6H3;7-10,18-20,22,24-26,29H,11-17H2,1-6H3;9,18-19,21-25,28H,6-8,10-17H2,1-5H3/b;9-8+;8-7+;/t2*20-,21-,23+,24+,25-,26+,27+,28+,29-;19-,20+,22-,24+,25-,26-,27-,28+;19-,21+,22+,23-,24+,25+,26+,27-/m1101/s1. The second-order valence-corrected chi connectivity index (χ2v) is 49.3. The first-order chi connectivity index (χ1) is 55.3. The molecule has 0 unspecified atom stereocenters. The van der Waals surface area contributed by atoms with Gasteiger partial charge in [0.15, 0.2) is 0 Å². The van der Waals surface area contributed by atoms with Gasteiger partial charge in [0.05, 0.1) is 24.4 Å². The van der Waals surface area contributed by atoms with Gasteiger partial charge < -0.3 is 20.4 Å². The normalized spacial score (nSPS) is 45.4. The summed E-state index contributed by atoms with van der Waals surface area (Å²) in [6.45, 7) is 57.1. The van der Waals surface area contributed by atoms with Crippen LogP contribution in [-0.4, -0.2) is 44.8 Å². The molecule has 16 rings (SSSR count). The lowest BCUT2D eigenvalue weighted by molar-refractivity contribution is -0.0575. The van der Waals surface area contributed by atoms with Crippen LogP contribution in [-0.2, 0) is 0 Å². The zero-order chi connectivity index (χ0) is 84.4. The maximum atomic E-state index is 10.2. The first kappa shape index (κ1) is 92.7. The fraction of sp³-hybridized carbons (Fsp3) is 0.876. The highest BCUT2D eigenvalue weighted by Crippen LogP contribution is 2.73. The van der Waals surface area contributed by atoms with Crippen molar-refractivity contribution in [3.63, 3.8) is 0 Å². The lowest BCUT2D eigenvalue weighted by Crippen LogP contribution is -2.50. The highest BCUT2D eigenvalue weighted by Gasteiger charge is 2.64. The Bertz CT molecular complexity index is 3510. The summed E-state index contributed by atoms with van der Waals surface area (Å²) < 4.78 is 0. The Hall–Kier alpha value is -1.98. The number of aliphatic hydroxyl groups is 4. The molecule has 0 amide bonds. The molecular weight excluding hydrogens is 1420 g/mol. The van der Waals surface area contributed by atoms with Crippen molar-refractivity contribution in [2.24, 2.45) is 197 Å². The molecule has 4 N–H and O–H groups in total. The van der Waals surface area contributed by atoms with Crippen molar-refractivity contribution in [3.05, 3.63) is 82.5 Å². The van der Waals surface area contributed by atoms with Crippen LogP contribution in [0.1, 0.15) is 403 Å². The molecule has 0 spiro atoms. The molecule has 0 radical (unpaired) electrons. The van der Waals surface area contributed by atoms with Crippen LogP contribution in [0.2, 0.25) is 0 Å². The van der Waals surface area contributed by atoms with Crippen LogP contribution >= 0.6 is 0 Å². The number of hydrogen-bond acceptors (Lipinski definition) is 4. The third-order valence-electron chi connectivity index (χ3n) is 42.4. The maximum Gasteiger partial charge on any atom is 0.0578 e. The van der Waals surface area contributed by atoms with Crippen molar-refractivity contribution < 1.29 is 20.4 Å². The Balaban J connectivity index is 0.000000136. The van der Waals surface area contributed by atoms with E-state index in [2.05, 4.69) is 214 Å². The molecule has 0 heterocycles. The molecule has 0 aromatic carbocycles. The zero-order valence-electron chi connectivity index (χ0n) is 80.7. The van der Waals surface area contributed by atoms with Crippen LogP contribution in [0.3, 0.4) is 0 Å². The minimum absolute atomic E-state index is 0.0766. The van der Waals surface area contributed by atoms with Crippen LogP contribution in [0.4, 0.5) is 0 Å². The molecular formula is C113H188O4. The van der Waals surface area contributed by atoms with Gasteiger partial charge in [-0.15, -0.1) is 0 Å². The Morgan fingerprint density at radius 2 is 0.744 bits per heavy atom. The summed E-state index contributed by atoms with van der Waals surface area (Å²) in [5.74, 6) is 21.8. The van der Waals surface area contributed by atoms with Crippen molar-refractivity contribution in [1.82, 2.24) is 0 Å². The monoisotopic (exact) mass is 1610 g/mol. The number of aliphatic hydroxyl groups excluding tert-OH is 4. The second kappa shape index (κ2) is 37.1. The fourth-order valence-corrected chi connectivity index (χ4v) is 34.4. The van der Waals surface area contributed by atoms with Crippen LogP contribution < -0.4 is 0 Å². The minimum Gasteiger partial charge on any atom is -0.393 e. The largest absolute Gasteiger partial charge is 0.393 e. The molecule has 664 valence electrons. The Labute approximate surface area is 723 Å². The third kappa shape index (κ3) is 17.9. The molecule has 0 bridgehead atoms. The predicted octanol–water partition coefficient (Wildman–Crippen LogP) is 30.5. The molecule has 16 aliphatic rings. The summed E-state index contributed by atoms with van der Waals surface area (Å²) in [7, 11) is 0. The van der Waals surface area contributed by atoms with Gasteiger partial charge in [-0.05, 0) is 409 Å². The number of hydrogen-bond donors (Lipinski definition) is 4. The highest BCUT2D eigenvalue weighted by atomic mass is 16.3. The first-order valence-electron chi connectivity index (χ1n) is 51.9. The van der Waals surface area contributed by atoms with Gasteiger partial charge in [0.1, 0.15) is 0 Å². The lowest BCUT2D eigenvalue weighted by atomic mass is 9.47. The molecule has 0 aliphatic heterocycles. The third-order valence-corrected chi connectivity index (χ3v) is 42.4. The van der Waals surface area contributed by atoms with Gasteiger partial charge >= 0.3 is 0 Å². The summed E-state index contributed by atoms with van der Waals surface area (Å²) in [4.78, 5) is 0. The van der Waals surface area contributed by atoms with Crippen molar-refractivity contribution >= 4 is 0 Å². The van der Waals surface area contributed by atoms with Crippen molar-refractivity contribution in [1.29, 1.82) is 0 Å². The fourth-order valence-electron chi connectivity index (χ4n) is 34.4. The van der Waals surface area contributed by atoms with E-state index in [1.165, 1.54) is 198 Å². The van der Waals surface area contributed by atoms with E-state index < -0.39 is 0 Å². The summed E-state index contributed by atoms with van der Waals surface area (Å²) in [6, 6.07) is 0. The quantitative estimate of drug-likeness (QED) is 0.0916. The minimum atomic E-state index is -0.116. The van der Waals surface area contributed by atoms with Crippen LogP contribution in [0.15, 0.2) is 82.5 Å². The Morgan fingerprint density at radius 3 is 1.17 bits per heavy atom. The lowest BCUT2D eigenvalue weighted by Gasteiger charge is -2.58. The van der Waals surface area contributed by atoms with E-state index in [9.17, 15) is 20.4 Å². The zero-order valence-corrected chi connectivity index (χ0v) is 80.7. The van der Waals surface area contributed by atoms with Gasteiger partial charge in [0.25, 0.3) is 0 Å². The van der Waals surface area contributed by atoms with Gasteiger partial charge in [-0.25, -0.2) is 0 Å². The summed E-state index contributed by atoms with van der Waals surface area (Å²) in [5.41, 5.74) is 11.8. The van der Waals surface area contributed by atoms with E-state index in [0.29, 0.717) is 61.1 Å². The Morgan fingerprint density at radius 1 is 0.342 bits per heavy atom. The second-order valence-electron chi connectivity index (χ2n) is 49.3. The molecule has 0 aromatic rings. The van der Waals surface area contributed by atoms with E-state index in [4.69, 9.17) is 0 Å². The van der Waals surface area contributed by atoms with Crippen LogP contribution in [0, 0.1) is 197 Å². The van der Waals surface area contributed by atoms with E-state index in [-0.39, 0.29) is 24.4 Å². The Kier molecular flexibility index (Phi) is 29.4. The average Bonchev–Trinajstić information content (AvgIpc) is 1.72. The molecule has 117 heavy (non-hydrogen) atoms. The molecule has 4 nitrogen and oxygen atoms in total. The van der Waals surface area contributed by atoms with Crippen molar-refractivity contribution in [3.8, 4) is 0 Å². The molecule has 34 atom stereocenters. The van der Waals surface area contributed by atoms with Crippen LogP contribution in [0.5, 0.6) is 0 Å². The molecule has 12 fully saturated rings. The summed E-state index contributed by atoms with van der Waals surface area (Å²) in [6.07, 6.45) is 71.7. The molecule has 0 aromatic heterocycles. The van der Waals surface area contributed by atoms with Gasteiger partial charge in [-0.1, -0.05) is 274 Å². The topological polar surface area (TPSA) is 80.9 Å². The SMILES string of the molecule is CC(C)CCC[C@@H](C)[C@H]1CC[C@H]2[C@@H]3CC=C4C[C@@H](O)CC[C@]4(C)[C@H]3CC[C@]12C.CC(C)[C@@H](C)/C=C/[C@@H](C)[C@H]1CC[C@H]2C3=CC=C4C[C@@H](O)CC[C@]4(C)[C@H]3CC[C@]12C.CC[C@H](/C=C/[C@@H](C)[C@H]1CC[C@H]2[C@@H]3CC=C4C[C@@H](O)CC[C@]4(C)[C@H]3CC[C@]12C)C(C)C.CC[C@H](CC[C@@H](C)[C@H]1CC[C@H]2[C@@H]3CC=C4C[C@@H](O)CC[C@]4(C)[C@H]3CC[C@]12C)C(C)C. The summed E-state index contributed by atoms with van der Waals surface area (Å²) >= 11 is 0. The van der Waals surface area contributed by atoms with E-state index in [1.54, 1.807) is 22.3 Å². The number of allylic oxidation sites excluding steroid dienone is 10. The highest BCUT2D eigenvalue weighted by molar-refractivity contribution is 5.39. The van der Waals surface area contributed by atoms with Gasteiger partial charge in [0.2, 0.25) is 0 Å². The average molecular weight is 1610 g/mol. The van der Waals surface area contributed by atoms with E-state index >= 15 is 0 Å². The van der Waals surface area contributed by atoms with Crippen molar-refractivity contribution in [2.75, 3.05) is 0 Å². The number of rotatable bonds is 20. The molecule has 4 heteroatoms. The first-order valence-corrected chi connectivity index (χ1v) is 51.9. The molecule has 0 saturated heterocycles. The maximum absolute atomic E-state index is 10.2. The van der Waals surface area contributed by atoms with Gasteiger partial charge in [-0.2, -0.15) is 0 Å². The van der Waals surface area contributed by atoms with Crippen LogP contribution in [0.25, 0.3) is 0 Å². The predicted molar refractivity (Wildman–Crippen MR) is 499 cm³/mol. The summed E-state index contributed by atoms with van der Waals surface area (Å²) in [5, 5.41) is 40.9. The molecule has 16 aliphatic carbocycles. The van der Waals surface area contributed by atoms with E-state index in [1.807, 2.05) is 0 Å². The number of fused-ring (bicyclic) bond motifs is 20. The van der Waals surface area contributed by atoms with E-state index in [0.717, 1.165) is 187 Å². The van der Waals surface area contributed by atoms with Crippen molar-refractivity contribution in [2.45, 2.75) is 428 Å². The molecule has 12 saturated carbocycles.